The smallest absolute Gasteiger partial charge is 0.115 e. The number of hydrogen-bond acceptors (Lipinski definition) is 0. The van der Waals surface area contributed by atoms with E-state index < -0.39 is 0 Å². The van der Waals surface area contributed by atoms with E-state index in [1.54, 1.807) is 0 Å². The van der Waals surface area contributed by atoms with E-state index >= 15 is 0 Å². The Bertz CT molecular complexity index is 3990. The van der Waals surface area contributed by atoms with Crippen LogP contribution in [0.25, 0.3) is 111 Å². The minimum Gasteiger partial charge on any atom is -0.311 e. The predicted molar refractivity (Wildman–Crippen MR) is 300 cm³/mol. The average Bonchev–Trinajstić information content (AvgIpc) is 3.94. The van der Waals surface area contributed by atoms with Gasteiger partial charge in [0, 0.05) is 38.6 Å². The number of benzene rings is 10. The molecule has 0 aliphatic rings. The lowest BCUT2D eigenvalue weighted by molar-refractivity contribution is 1.18. The van der Waals surface area contributed by atoms with Crippen LogP contribution in [0.15, 0.2) is 200 Å². The Balaban J connectivity index is 1.05. The molecule has 0 unspecified atom stereocenters. The van der Waals surface area contributed by atoms with Crippen LogP contribution in [0.5, 0.6) is 0 Å². The van der Waals surface area contributed by atoms with Crippen molar-refractivity contribution in [3.05, 3.63) is 200 Å². The van der Waals surface area contributed by atoms with Crippen molar-refractivity contribution in [3.8, 4) is 67.0 Å². The maximum absolute atomic E-state index is 7.44. The molecule has 304 valence electrons. The van der Waals surface area contributed by atoms with Crippen LogP contribution < -0.4 is 38.2 Å². The first kappa shape index (κ1) is 42.6. The second-order valence-electron chi connectivity index (χ2n) is 17.6. The normalized spacial score (nSPS) is 11.6. The van der Waals surface area contributed by atoms with Gasteiger partial charge in [0.05, 0.1) is 11.0 Å². The molecule has 0 saturated carbocycles. The minimum absolute atomic E-state index is 0.172. The van der Waals surface area contributed by atoms with Gasteiger partial charge >= 0.3 is 0 Å². The molecule has 0 spiro atoms. The summed E-state index contributed by atoms with van der Waals surface area (Å²) in [5.74, 6) is 0. The number of fused-ring (bicyclic) bond motifs is 6. The van der Waals surface area contributed by atoms with Gasteiger partial charge in [-0.2, -0.15) is 0 Å². The van der Waals surface area contributed by atoms with Crippen molar-refractivity contribution >= 4 is 137 Å². The summed E-state index contributed by atoms with van der Waals surface area (Å²) in [5, 5.41) is 3.20. The van der Waals surface area contributed by atoms with Crippen molar-refractivity contribution in [2.45, 2.75) is 0 Å². The van der Waals surface area contributed by atoms with Crippen molar-refractivity contribution in [2.75, 3.05) is 0 Å². The molecule has 0 N–H and O–H groups in total. The first-order chi connectivity index (χ1) is 33.7. The molecular formula is C60H33B7N2. The molecule has 0 aliphatic carbocycles. The zero-order chi connectivity index (χ0) is 47.1. The summed E-state index contributed by atoms with van der Waals surface area (Å²) in [6, 6.07) is 69.5. The summed E-state index contributed by atoms with van der Waals surface area (Å²) in [7, 11) is 48.9. The molecule has 10 aromatic carbocycles. The summed E-state index contributed by atoms with van der Waals surface area (Å²) < 4.78 is 4.26. The fourth-order valence-electron chi connectivity index (χ4n) is 10.3. The highest BCUT2D eigenvalue weighted by molar-refractivity contribution is 6.69. The van der Waals surface area contributed by atoms with Crippen LogP contribution in [0.4, 0.5) is 0 Å². The zero-order valence-electron chi connectivity index (χ0n) is 37.5. The summed E-state index contributed by atoms with van der Waals surface area (Å²) in [6.45, 7) is 0. The van der Waals surface area contributed by atoms with Crippen LogP contribution in [0.3, 0.4) is 0 Å². The fourth-order valence-corrected chi connectivity index (χ4v) is 10.3. The lowest BCUT2D eigenvalue weighted by Crippen LogP contribution is -2.48. The van der Waals surface area contributed by atoms with E-state index in [1.807, 2.05) is 47.0 Å². The van der Waals surface area contributed by atoms with Gasteiger partial charge in [-0.3, -0.25) is 0 Å². The number of hydrogen-bond donors (Lipinski definition) is 0. The van der Waals surface area contributed by atoms with E-state index in [-0.39, 0.29) is 21.9 Å². The highest BCUT2D eigenvalue weighted by Gasteiger charge is 2.25. The Kier molecular flexibility index (Phi) is 10.4. The lowest BCUT2D eigenvalue weighted by atomic mass is 9.64. The first-order valence-electron chi connectivity index (χ1n) is 22.8. The molecular weight excluding hydrogens is 824 g/mol. The van der Waals surface area contributed by atoms with Crippen molar-refractivity contribution in [1.29, 1.82) is 0 Å². The van der Waals surface area contributed by atoms with Crippen molar-refractivity contribution in [1.82, 2.24) is 9.13 Å². The van der Waals surface area contributed by atoms with Crippen LogP contribution in [0.1, 0.15) is 0 Å². The van der Waals surface area contributed by atoms with Crippen LogP contribution in [0.2, 0.25) is 0 Å². The first-order valence-corrected chi connectivity index (χ1v) is 22.8. The average molecular weight is 858 g/mol. The SMILES string of the molecule is [B]c1c([B])c([B])c2c(c1[B])c1c([B])c(-c3ccc4c(c3)c3cc(-c5ccccc5)ccc3n4-c3ccc(-c4ccc(-c5ccccc5)cc4)cc3)c([B])c([B])c1n2-c1cccc(-c2ccccc2)c1. The van der Waals surface area contributed by atoms with E-state index in [9.17, 15) is 0 Å². The maximum atomic E-state index is 7.44. The molecule has 0 saturated heterocycles. The second-order valence-corrected chi connectivity index (χ2v) is 17.6. The molecule has 0 fully saturated rings. The molecule has 0 aliphatic heterocycles. The van der Waals surface area contributed by atoms with Crippen LogP contribution in [0, 0.1) is 0 Å². The fraction of sp³-hybridized carbons (Fsp3) is 0. The van der Waals surface area contributed by atoms with E-state index in [2.05, 4.69) is 162 Å². The highest BCUT2D eigenvalue weighted by Crippen LogP contribution is 2.39. The largest absolute Gasteiger partial charge is 0.311 e. The molecule has 2 nitrogen and oxygen atoms in total. The molecule has 0 amide bonds. The Morgan fingerprint density at radius 1 is 0.246 bits per heavy atom. The van der Waals surface area contributed by atoms with Crippen LogP contribution in [-0.4, -0.2) is 64.1 Å². The van der Waals surface area contributed by atoms with Crippen LogP contribution >= 0.6 is 0 Å². The molecule has 69 heavy (non-hydrogen) atoms. The summed E-state index contributed by atoms with van der Waals surface area (Å²) in [6.07, 6.45) is 0. The Hall–Kier alpha value is -7.75. The third-order valence-electron chi connectivity index (χ3n) is 13.7. The Morgan fingerprint density at radius 2 is 0.638 bits per heavy atom. The van der Waals surface area contributed by atoms with Gasteiger partial charge in [-0.15, -0.1) is 10.9 Å². The lowest BCUT2D eigenvalue weighted by Gasteiger charge is -2.19. The standard InChI is InChI=1S/C60H33B7N2/c61-52-49(53(62)57(66)59-50(52)51-54(63)55(64)56(65)58(67)60(51)69(59)44-18-10-17-40(31-44)35-13-6-2-7-14-35)42-26-30-48-46(33-42)45-32-41(36-15-8-3-9-16-36)25-29-47(45)68(48)43-27-23-39(24-28-43)38-21-19-37(20-22-38)34-11-4-1-5-12-34/h1-33H. The number of rotatable bonds is 7. The van der Waals surface area contributed by atoms with Crippen molar-refractivity contribution < 1.29 is 0 Å². The van der Waals surface area contributed by atoms with Gasteiger partial charge in [0.15, 0.2) is 0 Å². The molecule has 0 bridgehead atoms. The highest BCUT2D eigenvalue weighted by atomic mass is 15.0. The zero-order valence-corrected chi connectivity index (χ0v) is 37.5. The van der Waals surface area contributed by atoms with Gasteiger partial charge in [0.1, 0.15) is 54.9 Å². The molecule has 14 radical (unpaired) electrons. The maximum Gasteiger partial charge on any atom is 0.115 e. The quantitative estimate of drug-likeness (QED) is 0.145. The van der Waals surface area contributed by atoms with Crippen LogP contribution in [-0.2, 0) is 0 Å². The number of aromatic nitrogens is 2. The predicted octanol–water partition coefficient (Wildman–Crippen LogP) is 7.77. The molecule has 12 rings (SSSR count). The van der Waals surface area contributed by atoms with Crippen molar-refractivity contribution in [2.24, 2.45) is 0 Å². The van der Waals surface area contributed by atoms with E-state index in [1.165, 1.54) is 11.1 Å². The van der Waals surface area contributed by atoms with Gasteiger partial charge in [0.25, 0.3) is 0 Å². The minimum atomic E-state index is 0.172. The Morgan fingerprint density at radius 3 is 1.19 bits per heavy atom. The monoisotopic (exact) mass is 858 g/mol. The molecule has 0 atom stereocenters. The van der Waals surface area contributed by atoms with Gasteiger partial charge in [-0.1, -0.05) is 179 Å². The van der Waals surface area contributed by atoms with Gasteiger partial charge in [-0.05, 0) is 110 Å². The van der Waals surface area contributed by atoms with Gasteiger partial charge in [0.2, 0.25) is 0 Å². The van der Waals surface area contributed by atoms with E-state index in [4.69, 9.17) is 54.9 Å². The van der Waals surface area contributed by atoms with E-state index in [0.29, 0.717) is 43.8 Å². The van der Waals surface area contributed by atoms with Crippen molar-refractivity contribution in [3.63, 3.8) is 0 Å². The number of nitrogens with zero attached hydrogens (tertiary/aromatic N) is 2. The molecule has 2 heterocycles. The molecule has 12 aromatic rings. The van der Waals surface area contributed by atoms with Gasteiger partial charge < -0.3 is 9.13 Å². The summed E-state index contributed by atoms with van der Waals surface area (Å²) in [5.41, 5.74) is 17.1. The second kappa shape index (κ2) is 16.8. The molecule has 9 heteroatoms. The van der Waals surface area contributed by atoms with Gasteiger partial charge in [-0.25, -0.2) is 0 Å². The summed E-state index contributed by atoms with van der Waals surface area (Å²) in [4.78, 5) is 0. The topological polar surface area (TPSA) is 9.86 Å². The molecule has 2 aromatic heterocycles. The third-order valence-corrected chi connectivity index (χ3v) is 13.7. The van der Waals surface area contributed by atoms with E-state index in [0.717, 1.165) is 72.1 Å². The third kappa shape index (κ3) is 6.89. The Labute approximate surface area is 410 Å². The summed E-state index contributed by atoms with van der Waals surface area (Å²) >= 11 is 0.